The summed E-state index contributed by atoms with van der Waals surface area (Å²) >= 11 is 1.32. The van der Waals surface area contributed by atoms with Gasteiger partial charge in [-0.15, -0.1) is 0 Å². The monoisotopic (exact) mass is 324 g/mol. The molecule has 0 saturated heterocycles. The maximum Gasteiger partial charge on any atom is 0.332 e. The van der Waals surface area contributed by atoms with E-state index in [1.165, 1.54) is 18.4 Å². The van der Waals surface area contributed by atoms with Crippen molar-refractivity contribution in [3.63, 3.8) is 0 Å². The van der Waals surface area contributed by atoms with E-state index in [9.17, 15) is 9.59 Å². The summed E-state index contributed by atoms with van der Waals surface area (Å²) in [4.78, 5) is 27.0. The molecule has 1 amide bonds. The van der Waals surface area contributed by atoms with Gasteiger partial charge in [-0.2, -0.15) is 0 Å². The van der Waals surface area contributed by atoms with Gasteiger partial charge in [-0.3, -0.25) is 10.1 Å². The molecule has 0 spiro atoms. The Bertz CT molecular complexity index is 670. The van der Waals surface area contributed by atoms with Crippen molar-refractivity contribution in [2.75, 3.05) is 32.2 Å². The molecule has 0 unspecified atom stereocenters. The zero-order chi connectivity index (χ0) is 15.9. The lowest BCUT2D eigenvalue weighted by Crippen LogP contribution is -2.22. The van der Waals surface area contributed by atoms with E-state index in [1.807, 2.05) is 25.1 Å². The van der Waals surface area contributed by atoms with Gasteiger partial charge in [-0.1, -0.05) is 11.3 Å². The van der Waals surface area contributed by atoms with Crippen LogP contribution in [0.3, 0.4) is 0 Å². The van der Waals surface area contributed by atoms with Crippen LogP contribution in [0.2, 0.25) is 0 Å². The van der Waals surface area contributed by atoms with Crippen LogP contribution in [-0.4, -0.2) is 43.8 Å². The highest BCUT2D eigenvalue weighted by molar-refractivity contribution is 7.22. The van der Waals surface area contributed by atoms with Crippen molar-refractivity contribution in [1.29, 1.82) is 0 Å². The molecule has 0 bridgehead atoms. The van der Waals surface area contributed by atoms with Gasteiger partial charge in [0.05, 0.1) is 16.8 Å². The molecule has 2 aromatic rings. The van der Waals surface area contributed by atoms with E-state index >= 15 is 0 Å². The Balaban J connectivity index is 1.96. The maximum absolute atomic E-state index is 11.7. The number of thiazole rings is 1. The van der Waals surface area contributed by atoms with E-state index in [4.69, 9.17) is 9.47 Å². The van der Waals surface area contributed by atoms with Crippen molar-refractivity contribution in [2.45, 2.75) is 6.92 Å². The van der Waals surface area contributed by atoms with E-state index < -0.39 is 11.9 Å². The molecular formula is C14H16N2O5S. The predicted molar refractivity (Wildman–Crippen MR) is 82.3 cm³/mol. The first-order chi connectivity index (χ1) is 10.6. The Labute approximate surface area is 131 Å². The number of carbonyl (C=O) groups excluding carboxylic acids is 2. The first-order valence-electron chi connectivity index (χ1n) is 6.60. The summed E-state index contributed by atoms with van der Waals surface area (Å²) < 4.78 is 15.6. The molecule has 0 aliphatic heterocycles. The number of esters is 1. The lowest BCUT2D eigenvalue weighted by atomic mass is 10.3. The number of methoxy groups -OCH3 is 1. The fourth-order valence-electron chi connectivity index (χ4n) is 1.68. The molecule has 1 N–H and O–H groups in total. The standard InChI is InChI=1S/C14H16N2O5S/c1-3-20-9-4-5-10-11(6-9)22-14(15-10)16-12(17)7-21-13(18)8-19-2/h4-6H,3,7-8H2,1-2H3,(H,15,16,17). The number of nitrogens with zero attached hydrogens (tertiary/aromatic N) is 1. The number of hydrogen-bond donors (Lipinski definition) is 1. The second-order valence-electron chi connectivity index (χ2n) is 4.22. The smallest absolute Gasteiger partial charge is 0.332 e. The van der Waals surface area contributed by atoms with Gasteiger partial charge in [-0.25, -0.2) is 9.78 Å². The summed E-state index contributed by atoms with van der Waals surface area (Å²) in [6.07, 6.45) is 0. The van der Waals surface area contributed by atoms with Gasteiger partial charge in [0.15, 0.2) is 11.7 Å². The van der Waals surface area contributed by atoms with Crippen LogP contribution in [0.4, 0.5) is 5.13 Å². The van der Waals surface area contributed by atoms with Crippen molar-refractivity contribution in [1.82, 2.24) is 4.98 Å². The third kappa shape index (κ3) is 4.40. The average molecular weight is 324 g/mol. The Kier molecular flexibility index (Phi) is 5.68. The fraction of sp³-hybridized carbons (Fsp3) is 0.357. The Morgan fingerprint density at radius 1 is 1.32 bits per heavy atom. The van der Waals surface area contributed by atoms with Crippen LogP contribution in [0.5, 0.6) is 5.75 Å². The molecule has 2 rings (SSSR count). The van der Waals surface area contributed by atoms with Gasteiger partial charge in [0.25, 0.3) is 5.91 Å². The van der Waals surface area contributed by atoms with Crippen molar-refractivity contribution >= 4 is 38.6 Å². The summed E-state index contributed by atoms with van der Waals surface area (Å²) in [6, 6.07) is 5.51. The summed E-state index contributed by atoms with van der Waals surface area (Å²) in [5.41, 5.74) is 0.764. The molecule has 0 atom stereocenters. The van der Waals surface area contributed by atoms with Gasteiger partial charge in [0, 0.05) is 7.11 Å². The van der Waals surface area contributed by atoms with Crippen LogP contribution < -0.4 is 10.1 Å². The number of hydrogen-bond acceptors (Lipinski definition) is 7. The molecule has 1 aromatic heterocycles. The van der Waals surface area contributed by atoms with Crippen molar-refractivity contribution in [3.05, 3.63) is 18.2 Å². The molecule has 0 aliphatic carbocycles. The summed E-state index contributed by atoms with van der Waals surface area (Å²) in [7, 11) is 1.37. The number of amides is 1. The molecule has 1 aromatic carbocycles. The molecule has 8 heteroatoms. The number of fused-ring (bicyclic) bond motifs is 1. The molecule has 7 nitrogen and oxygen atoms in total. The van der Waals surface area contributed by atoms with Crippen molar-refractivity contribution < 1.29 is 23.8 Å². The molecule has 118 valence electrons. The molecule has 0 aliphatic rings. The van der Waals surface area contributed by atoms with Gasteiger partial charge < -0.3 is 14.2 Å². The third-order valence-corrected chi connectivity index (χ3v) is 3.48. The number of rotatable bonds is 7. The third-order valence-electron chi connectivity index (χ3n) is 2.54. The highest BCUT2D eigenvalue weighted by Crippen LogP contribution is 2.29. The second kappa shape index (κ2) is 7.71. The number of nitrogens with one attached hydrogen (secondary N) is 1. The van der Waals surface area contributed by atoms with E-state index in [1.54, 1.807) is 0 Å². The molecule has 0 fully saturated rings. The molecular weight excluding hydrogens is 308 g/mol. The van der Waals surface area contributed by atoms with Gasteiger partial charge in [-0.05, 0) is 25.1 Å². The lowest BCUT2D eigenvalue weighted by molar-refractivity contribution is -0.150. The van der Waals surface area contributed by atoms with Crippen LogP contribution in [-0.2, 0) is 19.1 Å². The van der Waals surface area contributed by atoms with Gasteiger partial charge >= 0.3 is 5.97 Å². The second-order valence-corrected chi connectivity index (χ2v) is 5.25. The maximum atomic E-state index is 11.7. The number of benzene rings is 1. The zero-order valence-electron chi connectivity index (χ0n) is 12.3. The van der Waals surface area contributed by atoms with Crippen LogP contribution in [0.25, 0.3) is 10.2 Å². The zero-order valence-corrected chi connectivity index (χ0v) is 13.1. The predicted octanol–water partition coefficient (Wildman–Crippen LogP) is 1.82. The van der Waals surface area contributed by atoms with Crippen molar-refractivity contribution in [2.24, 2.45) is 0 Å². The minimum atomic E-state index is -0.594. The highest BCUT2D eigenvalue weighted by atomic mass is 32.1. The average Bonchev–Trinajstić information content (AvgIpc) is 2.87. The SMILES string of the molecule is CCOc1ccc2nc(NC(=O)COC(=O)COC)sc2c1. The topological polar surface area (TPSA) is 86.8 Å². The normalized spacial score (nSPS) is 10.5. The lowest BCUT2D eigenvalue weighted by Gasteiger charge is -2.03. The van der Waals surface area contributed by atoms with Crippen LogP contribution >= 0.6 is 11.3 Å². The van der Waals surface area contributed by atoms with E-state index in [-0.39, 0.29) is 13.2 Å². The number of carbonyl (C=O) groups is 2. The molecule has 1 heterocycles. The Morgan fingerprint density at radius 2 is 2.14 bits per heavy atom. The Hall–Kier alpha value is -2.19. The summed E-state index contributed by atoms with van der Waals surface area (Å²) in [5, 5.41) is 3.03. The quantitative estimate of drug-likeness (QED) is 0.782. The van der Waals surface area contributed by atoms with E-state index in [0.717, 1.165) is 16.0 Å². The summed E-state index contributed by atoms with van der Waals surface area (Å²) in [6.45, 7) is 1.94. The minimum Gasteiger partial charge on any atom is -0.494 e. The van der Waals surface area contributed by atoms with Crippen molar-refractivity contribution in [3.8, 4) is 5.75 Å². The largest absolute Gasteiger partial charge is 0.494 e. The van der Waals surface area contributed by atoms with Crippen LogP contribution in [0, 0.1) is 0 Å². The Morgan fingerprint density at radius 3 is 2.86 bits per heavy atom. The number of anilines is 1. The molecule has 22 heavy (non-hydrogen) atoms. The van der Waals surface area contributed by atoms with E-state index in [0.29, 0.717) is 11.7 Å². The van der Waals surface area contributed by atoms with Gasteiger partial charge in [0.2, 0.25) is 0 Å². The minimum absolute atomic E-state index is 0.186. The van der Waals surface area contributed by atoms with E-state index in [2.05, 4.69) is 15.0 Å². The highest BCUT2D eigenvalue weighted by Gasteiger charge is 2.11. The fourth-order valence-corrected chi connectivity index (χ4v) is 2.59. The first kappa shape index (κ1) is 16.2. The number of ether oxygens (including phenoxy) is 3. The molecule has 0 saturated carbocycles. The first-order valence-corrected chi connectivity index (χ1v) is 7.41. The summed E-state index contributed by atoms with van der Waals surface area (Å²) in [5.74, 6) is -0.290. The molecule has 0 radical (unpaired) electrons. The van der Waals surface area contributed by atoms with Gasteiger partial charge in [0.1, 0.15) is 12.4 Å². The number of aromatic nitrogens is 1. The van der Waals surface area contributed by atoms with Crippen LogP contribution in [0.15, 0.2) is 18.2 Å². The van der Waals surface area contributed by atoms with Crippen LogP contribution in [0.1, 0.15) is 6.92 Å².